The summed E-state index contributed by atoms with van der Waals surface area (Å²) in [6.07, 6.45) is 6.43. The largest absolute Gasteiger partial charge is 0.329 e. The molecule has 1 unspecified atom stereocenters. The average molecular weight is 295 g/mol. The van der Waals surface area contributed by atoms with Crippen LogP contribution in [0.5, 0.6) is 0 Å². The van der Waals surface area contributed by atoms with Crippen LogP contribution in [-0.2, 0) is 6.42 Å². The summed E-state index contributed by atoms with van der Waals surface area (Å²) in [7, 11) is 2.27. The van der Waals surface area contributed by atoms with E-state index in [1.807, 2.05) is 11.3 Å². The highest BCUT2D eigenvalue weighted by Crippen LogP contribution is 2.39. The fourth-order valence-corrected chi connectivity index (χ4v) is 4.41. The standard InChI is InChI=1S/C17H30N2S/c1-5-14-6-7-16(20-14)15(12-18)19(4)13-8-10-17(2,3)11-9-13/h6-7,13,15H,5,8-12,18H2,1-4H3. The zero-order valence-corrected chi connectivity index (χ0v) is 14.3. The van der Waals surface area contributed by atoms with Crippen LogP contribution in [0.3, 0.4) is 0 Å². The predicted molar refractivity (Wildman–Crippen MR) is 89.3 cm³/mol. The van der Waals surface area contributed by atoms with Crippen LogP contribution in [0.15, 0.2) is 12.1 Å². The van der Waals surface area contributed by atoms with Gasteiger partial charge in [-0.15, -0.1) is 11.3 Å². The molecule has 0 aliphatic heterocycles. The van der Waals surface area contributed by atoms with E-state index in [9.17, 15) is 0 Å². The summed E-state index contributed by atoms with van der Waals surface area (Å²) in [4.78, 5) is 5.45. The number of thiophene rings is 1. The normalized spacial score (nSPS) is 21.3. The van der Waals surface area contributed by atoms with Gasteiger partial charge in [0.25, 0.3) is 0 Å². The molecule has 1 heterocycles. The number of nitrogens with zero attached hydrogens (tertiary/aromatic N) is 1. The van der Waals surface area contributed by atoms with Crippen molar-refractivity contribution in [2.45, 2.75) is 65.0 Å². The van der Waals surface area contributed by atoms with Crippen molar-refractivity contribution in [2.24, 2.45) is 11.1 Å². The van der Waals surface area contributed by atoms with Gasteiger partial charge in [-0.2, -0.15) is 0 Å². The fraction of sp³-hybridized carbons (Fsp3) is 0.765. The van der Waals surface area contributed by atoms with E-state index >= 15 is 0 Å². The molecule has 1 aliphatic rings. The molecule has 1 aliphatic carbocycles. The highest BCUT2D eigenvalue weighted by atomic mass is 32.1. The van der Waals surface area contributed by atoms with Crippen LogP contribution in [0.2, 0.25) is 0 Å². The van der Waals surface area contributed by atoms with E-state index < -0.39 is 0 Å². The molecular weight excluding hydrogens is 264 g/mol. The maximum absolute atomic E-state index is 6.08. The number of hydrogen-bond acceptors (Lipinski definition) is 3. The summed E-state index contributed by atoms with van der Waals surface area (Å²) in [5, 5.41) is 0. The van der Waals surface area contributed by atoms with Gasteiger partial charge in [0.2, 0.25) is 0 Å². The second kappa shape index (κ2) is 6.59. The van der Waals surface area contributed by atoms with Crippen LogP contribution < -0.4 is 5.73 Å². The van der Waals surface area contributed by atoms with Crippen LogP contribution in [0.1, 0.15) is 62.3 Å². The summed E-state index contributed by atoms with van der Waals surface area (Å²) in [6.45, 7) is 7.74. The molecule has 0 amide bonds. The lowest BCUT2D eigenvalue weighted by Gasteiger charge is -2.41. The number of hydrogen-bond donors (Lipinski definition) is 1. The quantitative estimate of drug-likeness (QED) is 0.881. The third-order valence-corrected chi connectivity index (χ3v) is 6.29. The van der Waals surface area contributed by atoms with Gasteiger partial charge in [-0.05, 0) is 56.7 Å². The molecule has 1 aromatic heterocycles. The van der Waals surface area contributed by atoms with Crippen molar-refractivity contribution in [1.82, 2.24) is 4.90 Å². The molecule has 2 rings (SSSR count). The molecule has 2 N–H and O–H groups in total. The first-order valence-electron chi connectivity index (χ1n) is 7.97. The van der Waals surface area contributed by atoms with Crippen LogP contribution >= 0.6 is 11.3 Å². The van der Waals surface area contributed by atoms with E-state index in [4.69, 9.17) is 5.73 Å². The fourth-order valence-electron chi connectivity index (χ4n) is 3.29. The van der Waals surface area contributed by atoms with Gasteiger partial charge >= 0.3 is 0 Å². The molecule has 0 radical (unpaired) electrons. The van der Waals surface area contributed by atoms with Crippen molar-refractivity contribution >= 4 is 11.3 Å². The monoisotopic (exact) mass is 294 g/mol. The predicted octanol–water partition coefficient (Wildman–Crippen LogP) is 4.21. The summed E-state index contributed by atoms with van der Waals surface area (Å²) >= 11 is 1.94. The minimum Gasteiger partial charge on any atom is -0.329 e. The molecule has 0 saturated heterocycles. The van der Waals surface area contributed by atoms with E-state index in [0.717, 1.165) is 13.0 Å². The van der Waals surface area contributed by atoms with Crippen molar-refractivity contribution in [2.75, 3.05) is 13.6 Å². The Hall–Kier alpha value is -0.380. The molecule has 3 heteroatoms. The molecule has 114 valence electrons. The maximum atomic E-state index is 6.08. The van der Waals surface area contributed by atoms with E-state index in [0.29, 0.717) is 17.5 Å². The summed E-state index contributed by atoms with van der Waals surface area (Å²) in [5.41, 5.74) is 6.62. The Morgan fingerprint density at radius 1 is 1.35 bits per heavy atom. The Balaban J connectivity index is 2.04. The third kappa shape index (κ3) is 3.63. The molecule has 1 fully saturated rings. The first-order chi connectivity index (χ1) is 9.46. The Morgan fingerprint density at radius 2 is 2.00 bits per heavy atom. The molecule has 1 atom stereocenters. The van der Waals surface area contributed by atoms with Crippen LogP contribution in [-0.4, -0.2) is 24.5 Å². The van der Waals surface area contributed by atoms with Gasteiger partial charge in [-0.3, -0.25) is 4.90 Å². The molecule has 0 spiro atoms. The van der Waals surface area contributed by atoms with Crippen molar-refractivity contribution < 1.29 is 0 Å². The lowest BCUT2D eigenvalue weighted by Crippen LogP contribution is -2.41. The Kier molecular flexibility index (Phi) is 5.27. The zero-order chi connectivity index (χ0) is 14.8. The number of aryl methyl sites for hydroxylation is 1. The first-order valence-corrected chi connectivity index (χ1v) is 8.79. The Morgan fingerprint density at radius 3 is 2.50 bits per heavy atom. The summed E-state index contributed by atoms with van der Waals surface area (Å²) in [5.74, 6) is 0. The molecule has 1 saturated carbocycles. The van der Waals surface area contributed by atoms with Crippen molar-refractivity contribution in [3.8, 4) is 0 Å². The molecular formula is C17H30N2S. The van der Waals surface area contributed by atoms with Crippen molar-refractivity contribution in [3.63, 3.8) is 0 Å². The molecule has 0 aromatic carbocycles. The Bertz CT molecular complexity index is 414. The first kappa shape index (κ1) is 16.0. The van der Waals surface area contributed by atoms with Gasteiger partial charge in [0.1, 0.15) is 0 Å². The van der Waals surface area contributed by atoms with Crippen molar-refractivity contribution in [3.05, 3.63) is 21.9 Å². The average Bonchev–Trinajstić information content (AvgIpc) is 2.88. The lowest BCUT2D eigenvalue weighted by atomic mass is 9.75. The number of likely N-dealkylation sites (N-methyl/N-ethyl adjacent to an activating group) is 1. The van der Waals surface area contributed by atoms with Crippen LogP contribution in [0.4, 0.5) is 0 Å². The second-order valence-electron chi connectivity index (χ2n) is 6.97. The second-order valence-corrected chi connectivity index (χ2v) is 8.17. The Labute approximate surface area is 128 Å². The summed E-state index contributed by atoms with van der Waals surface area (Å²) in [6, 6.07) is 5.64. The molecule has 0 bridgehead atoms. The molecule has 2 nitrogen and oxygen atoms in total. The van der Waals surface area contributed by atoms with Gasteiger partial charge in [0.05, 0.1) is 6.04 Å². The SMILES string of the molecule is CCc1ccc(C(CN)N(C)C2CCC(C)(C)CC2)s1. The van der Waals surface area contributed by atoms with Gasteiger partial charge in [0.15, 0.2) is 0 Å². The minimum absolute atomic E-state index is 0.395. The van der Waals surface area contributed by atoms with E-state index in [1.54, 1.807) is 0 Å². The third-order valence-electron chi connectivity index (χ3n) is 4.96. The van der Waals surface area contributed by atoms with E-state index in [-0.39, 0.29) is 0 Å². The van der Waals surface area contributed by atoms with E-state index in [2.05, 4.69) is 44.9 Å². The zero-order valence-electron chi connectivity index (χ0n) is 13.5. The van der Waals surface area contributed by atoms with Crippen molar-refractivity contribution in [1.29, 1.82) is 0 Å². The van der Waals surface area contributed by atoms with Gasteiger partial charge in [-0.1, -0.05) is 20.8 Å². The van der Waals surface area contributed by atoms with Crippen LogP contribution in [0, 0.1) is 5.41 Å². The number of nitrogens with two attached hydrogens (primary N) is 1. The maximum Gasteiger partial charge on any atom is 0.0564 e. The van der Waals surface area contributed by atoms with Crippen LogP contribution in [0.25, 0.3) is 0 Å². The molecule has 1 aromatic rings. The highest BCUT2D eigenvalue weighted by molar-refractivity contribution is 7.12. The lowest BCUT2D eigenvalue weighted by molar-refractivity contribution is 0.0978. The highest BCUT2D eigenvalue weighted by Gasteiger charge is 2.31. The van der Waals surface area contributed by atoms with Gasteiger partial charge < -0.3 is 5.73 Å². The van der Waals surface area contributed by atoms with Gasteiger partial charge in [0, 0.05) is 22.3 Å². The molecule has 20 heavy (non-hydrogen) atoms. The summed E-state index contributed by atoms with van der Waals surface area (Å²) < 4.78 is 0. The number of rotatable bonds is 5. The van der Waals surface area contributed by atoms with Gasteiger partial charge in [-0.25, -0.2) is 0 Å². The minimum atomic E-state index is 0.395. The topological polar surface area (TPSA) is 29.3 Å². The smallest absolute Gasteiger partial charge is 0.0564 e. The van der Waals surface area contributed by atoms with E-state index in [1.165, 1.54) is 35.4 Å².